The van der Waals surface area contributed by atoms with Gasteiger partial charge in [0, 0.05) is 21.7 Å². The molecule has 0 saturated heterocycles. The molecule has 1 N–H and O–H groups in total. The summed E-state index contributed by atoms with van der Waals surface area (Å²) in [6.45, 7) is -5.37. The third-order valence-electron chi connectivity index (χ3n) is 2.26. The smallest absolute Gasteiger partial charge is 0.328 e. The predicted octanol–water partition coefficient (Wildman–Crippen LogP) is 0.108. The first kappa shape index (κ1) is 8.41. The summed E-state index contributed by atoms with van der Waals surface area (Å²) in [7, 11) is -2.94. The van der Waals surface area contributed by atoms with Crippen molar-refractivity contribution in [1.29, 1.82) is 0 Å². The summed E-state index contributed by atoms with van der Waals surface area (Å²) in [5, 5.41) is 2.03. The van der Waals surface area contributed by atoms with Gasteiger partial charge in [-0.25, -0.2) is 4.79 Å². The van der Waals surface area contributed by atoms with Crippen LogP contribution in [0.15, 0.2) is 0 Å². The van der Waals surface area contributed by atoms with Crippen molar-refractivity contribution in [3.05, 3.63) is 5.53 Å². The fraction of sp³-hybridized carbons (Fsp3) is 0.692. The van der Waals surface area contributed by atoms with E-state index >= 15 is 0 Å². The maximum absolute atomic E-state index is 12.4. The molecule has 1 amide bonds. The number of Topliss-reactive ketones (excluding diaryl/α,β-unsaturated/α-hetero) is 1. The Morgan fingerprint density at radius 3 is 2.71 bits per heavy atom. The topological polar surface area (TPSA) is 118 Å². The maximum Gasteiger partial charge on any atom is 0.328 e. The van der Waals surface area contributed by atoms with E-state index in [4.69, 9.17) is 17.9 Å². The Balaban J connectivity index is 5.55. The number of ether oxygens (including phenoxy) is 2. The van der Waals surface area contributed by atoms with E-state index in [1.807, 2.05) is 5.32 Å². The zero-order valence-corrected chi connectivity index (χ0v) is 11.2. The van der Waals surface area contributed by atoms with Crippen molar-refractivity contribution in [2.45, 2.75) is 51.7 Å². The molecule has 0 aromatic rings. The summed E-state index contributed by atoms with van der Waals surface area (Å²) in [4.78, 5) is 38.5. The minimum atomic E-state index is -3.22. The van der Waals surface area contributed by atoms with Crippen molar-refractivity contribution in [2.75, 3.05) is 7.04 Å². The molecule has 2 atom stereocenters. The van der Waals surface area contributed by atoms with E-state index < -0.39 is 69.5 Å². The molecule has 0 unspecified atom stereocenters. The van der Waals surface area contributed by atoms with E-state index in [-0.39, 0.29) is 0 Å². The van der Waals surface area contributed by atoms with E-state index in [0.29, 0.717) is 6.21 Å². The second-order valence-electron chi connectivity index (χ2n) is 3.89. The molecule has 8 heteroatoms. The van der Waals surface area contributed by atoms with Crippen LogP contribution in [0.4, 0.5) is 0 Å². The number of hydrogen-bond donors (Lipinski definition) is 1. The summed E-state index contributed by atoms with van der Waals surface area (Å²) in [5.74, 6) is -3.37. The van der Waals surface area contributed by atoms with Gasteiger partial charge in [0.2, 0.25) is 11.7 Å². The van der Waals surface area contributed by atoms with Gasteiger partial charge in [0.1, 0.15) is 12.1 Å². The van der Waals surface area contributed by atoms with Gasteiger partial charge in [-0.3, -0.25) is 9.59 Å². The van der Waals surface area contributed by atoms with Crippen LogP contribution >= 0.6 is 0 Å². The lowest BCUT2D eigenvalue weighted by molar-refractivity contribution is -0.152. The van der Waals surface area contributed by atoms with Crippen molar-refractivity contribution in [3.8, 4) is 0 Å². The molecule has 0 aromatic carbocycles. The third-order valence-corrected chi connectivity index (χ3v) is 2.26. The summed E-state index contributed by atoms with van der Waals surface area (Å²) < 4.78 is 73.4. The minimum Gasteiger partial charge on any atom is -0.461 e. The SMILES string of the molecule is [2H]C([2H])([2H])O[C@@H](C)C(=O)N[C@@H](CCC(=O)C=[N+]=[N-])C(=O)OC(C([2H])([2H])[2H])C([2H])([2H])[2H]. The quantitative estimate of drug-likeness (QED) is 0.281. The number of carbonyl (C=O) groups excluding carboxylic acids is 3. The van der Waals surface area contributed by atoms with Gasteiger partial charge in [0.15, 0.2) is 0 Å². The van der Waals surface area contributed by atoms with Gasteiger partial charge >= 0.3 is 12.2 Å². The van der Waals surface area contributed by atoms with Crippen LogP contribution in [0.1, 0.15) is 45.8 Å². The predicted molar refractivity (Wildman–Crippen MR) is 73.6 cm³/mol. The Morgan fingerprint density at radius 1 is 1.43 bits per heavy atom. The molecule has 0 radical (unpaired) electrons. The fourth-order valence-corrected chi connectivity index (χ4v) is 1.21. The van der Waals surface area contributed by atoms with Crippen LogP contribution in [0.25, 0.3) is 5.53 Å². The van der Waals surface area contributed by atoms with Gasteiger partial charge in [-0.05, 0) is 27.0 Å². The van der Waals surface area contributed by atoms with E-state index in [1.54, 1.807) is 0 Å². The number of ketones is 1. The van der Waals surface area contributed by atoms with Gasteiger partial charge in [-0.2, -0.15) is 4.79 Å². The number of carbonyl (C=O) groups is 3. The Morgan fingerprint density at radius 2 is 2.14 bits per heavy atom. The Kier molecular flexibility index (Phi) is 3.92. The number of nitrogens with zero attached hydrogens (tertiary/aromatic N) is 2. The molecule has 0 aromatic heterocycles. The summed E-state index contributed by atoms with van der Waals surface area (Å²) in [6.07, 6.45) is -4.56. The number of amides is 1. The number of hydrogen-bond acceptors (Lipinski definition) is 5. The number of esters is 1. The lowest BCUT2D eigenvalue weighted by atomic mass is 10.1. The Hall–Kier alpha value is -2.05. The highest BCUT2D eigenvalue weighted by molar-refractivity contribution is 6.25. The molecule has 8 nitrogen and oxygen atoms in total. The lowest BCUT2D eigenvalue weighted by Gasteiger charge is -2.20. The lowest BCUT2D eigenvalue weighted by Crippen LogP contribution is -2.46. The van der Waals surface area contributed by atoms with Crippen molar-refractivity contribution in [3.63, 3.8) is 0 Å². The molecule has 0 heterocycles. The molecule has 0 saturated carbocycles. The molecule has 0 aliphatic rings. The molecule has 0 bridgehead atoms. The normalized spacial score (nSPS) is 21.1. The highest BCUT2D eigenvalue weighted by atomic mass is 16.5. The molecule has 0 aliphatic heterocycles. The van der Waals surface area contributed by atoms with E-state index in [1.165, 1.54) is 0 Å². The zero-order chi connectivity index (χ0) is 23.9. The van der Waals surface area contributed by atoms with Crippen LogP contribution in [0.3, 0.4) is 0 Å². The van der Waals surface area contributed by atoms with Crippen molar-refractivity contribution >= 4 is 23.9 Å². The molecular weight excluding hydrogens is 278 g/mol. The van der Waals surface area contributed by atoms with E-state index in [0.717, 1.165) is 6.92 Å². The van der Waals surface area contributed by atoms with Crippen LogP contribution in [-0.2, 0) is 23.9 Å². The second kappa shape index (κ2) is 9.79. The van der Waals surface area contributed by atoms with Gasteiger partial charge < -0.3 is 20.3 Å². The summed E-state index contributed by atoms with van der Waals surface area (Å²) >= 11 is 0. The Bertz CT molecular complexity index is 669. The first-order chi connectivity index (χ1) is 13.4. The van der Waals surface area contributed by atoms with Crippen LogP contribution in [0, 0.1) is 0 Å². The largest absolute Gasteiger partial charge is 0.461 e. The standard InChI is InChI=1S/C13H21N3O5/c1-8(2)21-13(19)11(6-5-10(17)7-15-14)16-12(18)9(3)20-4/h7-9,11H,5-6H2,1-4H3,(H,16,18)/t9-,11-/m0/s1/i1D3,2D3,4D3. The van der Waals surface area contributed by atoms with E-state index in [2.05, 4.69) is 14.3 Å². The number of methoxy groups -OCH3 is 1. The molecule has 0 fully saturated rings. The first-order valence-corrected chi connectivity index (χ1v) is 5.77. The van der Waals surface area contributed by atoms with Crippen LogP contribution in [0.2, 0.25) is 0 Å². The number of rotatable bonds is 9. The van der Waals surface area contributed by atoms with Crippen LogP contribution in [0.5, 0.6) is 0 Å². The maximum atomic E-state index is 12.4. The fourth-order valence-electron chi connectivity index (χ4n) is 1.21. The van der Waals surface area contributed by atoms with Gasteiger partial charge in [-0.1, -0.05) is 0 Å². The first-order valence-electron chi connectivity index (χ1n) is 10.3. The van der Waals surface area contributed by atoms with Gasteiger partial charge in [0.25, 0.3) is 0 Å². The highest BCUT2D eigenvalue weighted by Gasteiger charge is 2.26. The molecule has 0 rings (SSSR count). The van der Waals surface area contributed by atoms with Crippen molar-refractivity contribution < 1.29 is 41.0 Å². The average Bonchev–Trinajstić information content (AvgIpc) is 2.52. The minimum absolute atomic E-state index is 0.481. The van der Waals surface area contributed by atoms with Crippen LogP contribution in [-0.4, -0.2) is 54.0 Å². The van der Waals surface area contributed by atoms with E-state index in [9.17, 15) is 14.4 Å². The Labute approximate surface area is 136 Å². The van der Waals surface area contributed by atoms with Gasteiger partial charge in [0.05, 0.1) is 10.2 Å². The molecule has 21 heavy (non-hydrogen) atoms. The average molecular weight is 308 g/mol. The highest BCUT2D eigenvalue weighted by Crippen LogP contribution is 2.04. The van der Waals surface area contributed by atoms with Crippen molar-refractivity contribution in [1.82, 2.24) is 5.32 Å². The van der Waals surface area contributed by atoms with Crippen molar-refractivity contribution in [2.24, 2.45) is 0 Å². The number of nitrogens with one attached hydrogen (secondary N) is 1. The monoisotopic (exact) mass is 308 g/mol. The third kappa shape index (κ3) is 7.96. The second-order valence-corrected chi connectivity index (χ2v) is 3.89. The molecule has 0 aliphatic carbocycles. The summed E-state index contributed by atoms with van der Waals surface area (Å²) in [6, 6.07) is -1.72. The van der Waals surface area contributed by atoms with Crippen LogP contribution < -0.4 is 5.32 Å². The molecule has 118 valence electrons. The molecular formula is C13H21N3O5. The summed E-state index contributed by atoms with van der Waals surface area (Å²) in [5.41, 5.74) is 8.33. The van der Waals surface area contributed by atoms with Gasteiger partial charge in [-0.15, -0.1) is 0 Å². The zero-order valence-electron chi connectivity index (χ0n) is 20.2. The molecule has 0 spiro atoms.